The second kappa shape index (κ2) is 14.5. The molecule has 0 bridgehead atoms. The Kier molecular flexibility index (Phi) is 10.6. The highest BCUT2D eigenvalue weighted by Gasteiger charge is 2.32. The maximum Gasteiger partial charge on any atom is 0.244 e. The van der Waals surface area contributed by atoms with Crippen LogP contribution in [0.2, 0.25) is 0 Å². The molecule has 4 aromatic carbocycles. The molecule has 0 saturated heterocycles. The van der Waals surface area contributed by atoms with Gasteiger partial charge in [0.15, 0.2) is 0 Å². The summed E-state index contributed by atoms with van der Waals surface area (Å²) in [6.07, 6.45) is 1.33. The van der Waals surface area contributed by atoms with Crippen LogP contribution < -0.4 is 14.4 Å². The van der Waals surface area contributed by atoms with Gasteiger partial charge in [-0.1, -0.05) is 90.5 Å². The molecule has 0 fully saturated rings. The number of nitrogens with zero attached hydrogens (tertiary/aromatic N) is 2. The average Bonchev–Trinajstić information content (AvgIpc) is 3.01. The van der Waals surface area contributed by atoms with Gasteiger partial charge in [0.25, 0.3) is 0 Å². The van der Waals surface area contributed by atoms with Gasteiger partial charge in [0.05, 0.1) is 11.9 Å². The molecule has 8 nitrogen and oxygen atoms in total. The van der Waals surface area contributed by atoms with Crippen molar-refractivity contribution in [2.45, 2.75) is 32.5 Å². The Morgan fingerprint density at radius 2 is 1.42 bits per heavy atom. The van der Waals surface area contributed by atoms with Crippen molar-refractivity contribution < 1.29 is 22.7 Å². The zero-order chi connectivity index (χ0) is 30.8. The first-order valence-electron chi connectivity index (χ1n) is 14.0. The number of anilines is 1. The van der Waals surface area contributed by atoms with Crippen LogP contribution in [0, 0.1) is 6.92 Å². The maximum absolute atomic E-state index is 14.1. The van der Waals surface area contributed by atoms with E-state index in [1.165, 1.54) is 11.9 Å². The molecule has 0 aliphatic carbocycles. The lowest BCUT2D eigenvalue weighted by molar-refractivity contribution is -0.139. The van der Waals surface area contributed by atoms with Gasteiger partial charge in [-0.2, -0.15) is 0 Å². The van der Waals surface area contributed by atoms with Gasteiger partial charge in [-0.05, 0) is 47.9 Å². The molecule has 4 rings (SSSR count). The number of hydrogen-bond donors (Lipinski definition) is 1. The smallest absolute Gasteiger partial charge is 0.244 e. The van der Waals surface area contributed by atoms with Crippen LogP contribution >= 0.6 is 0 Å². The van der Waals surface area contributed by atoms with E-state index in [1.54, 1.807) is 24.3 Å². The van der Waals surface area contributed by atoms with Crippen LogP contribution in [0.1, 0.15) is 22.3 Å². The number of likely N-dealkylation sites (N-methyl/N-ethyl adjacent to an activating group) is 1. The van der Waals surface area contributed by atoms with Gasteiger partial charge < -0.3 is 15.0 Å². The molecule has 0 radical (unpaired) electrons. The van der Waals surface area contributed by atoms with Crippen molar-refractivity contribution in [2.24, 2.45) is 0 Å². The topological polar surface area (TPSA) is 96.0 Å². The molecule has 1 N–H and O–H groups in total. The summed E-state index contributed by atoms with van der Waals surface area (Å²) in [4.78, 5) is 28.7. The van der Waals surface area contributed by atoms with Crippen LogP contribution in [0.4, 0.5) is 5.69 Å². The molecule has 2 amide bonds. The van der Waals surface area contributed by atoms with Gasteiger partial charge in [-0.25, -0.2) is 8.42 Å². The Labute approximate surface area is 254 Å². The minimum absolute atomic E-state index is 0.134. The van der Waals surface area contributed by atoms with Crippen LogP contribution in [0.15, 0.2) is 109 Å². The highest BCUT2D eigenvalue weighted by Crippen LogP contribution is 2.24. The lowest BCUT2D eigenvalue weighted by Gasteiger charge is -2.33. The summed E-state index contributed by atoms with van der Waals surface area (Å²) in [5.74, 6) is -0.271. The molecular formula is C34H37N3O5S. The third-order valence-corrected chi connectivity index (χ3v) is 8.15. The Balaban J connectivity index is 1.61. The first-order chi connectivity index (χ1) is 20.6. The summed E-state index contributed by atoms with van der Waals surface area (Å²) in [5.41, 5.74) is 4.05. The van der Waals surface area contributed by atoms with E-state index < -0.39 is 28.5 Å². The minimum Gasteiger partial charge on any atom is -0.489 e. The van der Waals surface area contributed by atoms with Crippen LogP contribution in [-0.2, 0) is 39.2 Å². The minimum atomic E-state index is -3.86. The summed E-state index contributed by atoms with van der Waals surface area (Å²) in [6, 6.07) is 32.5. The van der Waals surface area contributed by atoms with Crippen LogP contribution in [0.3, 0.4) is 0 Å². The van der Waals surface area contributed by atoms with Gasteiger partial charge in [0, 0.05) is 20.0 Å². The SMILES string of the molecule is CNC(=O)[C@@H](Cc1ccccc1)N(Cc1cccc(C)c1)C(=O)CN(c1ccc(OCc2ccccc2)cc1)S(C)(=O)=O. The first kappa shape index (κ1) is 31.3. The number of benzene rings is 4. The zero-order valence-corrected chi connectivity index (χ0v) is 25.5. The van der Waals surface area contributed by atoms with E-state index in [-0.39, 0.29) is 18.9 Å². The van der Waals surface area contributed by atoms with Crippen molar-refractivity contribution >= 4 is 27.5 Å². The highest BCUT2D eigenvalue weighted by atomic mass is 32.2. The molecule has 0 aliphatic rings. The standard InChI is InChI=1S/C34H37N3O5S/c1-26-11-10-16-29(21-26)23-36(32(34(39)35-2)22-27-12-6-4-7-13-27)33(38)24-37(43(3,40)41)30-17-19-31(20-18-30)42-25-28-14-8-5-9-15-28/h4-21,32H,22-25H2,1-3H3,(H,35,39)/t32-/m1/s1. The molecule has 0 aromatic heterocycles. The van der Waals surface area contributed by atoms with E-state index in [9.17, 15) is 18.0 Å². The molecule has 0 spiro atoms. The fraction of sp³-hybridized carbons (Fsp3) is 0.235. The second-order valence-electron chi connectivity index (χ2n) is 10.4. The van der Waals surface area contributed by atoms with Gasteiger partial charge >= 0.3 is 0 Å². The molecule has 0 saturated carbocycles. The van der Waals surface area contributed by atoms with Gasteiger partial charge in [0.2, 0.25) is 21.8 Å². The second-order valence-corrected chi connectivity index (χ2v) is 12.3. The lowest BCUT2D eigenvalue weighted by Crippen LogP contribution is -2.52. The van der Waals surface area contributed by atoms with E-state index >= 15 is 0 Å². The normalized spacial score (nSPS) is 11.8. The highest BCUT2D eigenvalue weighted by molar-refractivity contribution is 7.92. The first-order valence-corrected chi connectivity index (χ1v) is 15.8. The Hall–Kier alpha value is -4.63. The van der Waals surface area contributed by atoms with Crippen LogP contribution in [0.5, 0.6) is 5.75 Å². The Morgan fingerprint density at radius 1 is 0.814 bits per heavy atom. The van der Waals surface area contributed by atoms with Crippen molar-refractivity contribution in [3.05, 3.63) is 131 Å². The molecular weight excluding hydrogens is 562 g/mol. The van der Waals surface area contributed by atoms with Crippen molar-refractivity contribution in [3.8, 4) is 5.75 Å². The maximum atomic E-state index is 14.1. The summed E-state index contributed by atoms with van der Waals surface area (Å²) in [6.45, 7) is 1.98. The Morgan fingerprint density at radius 3 is 2.00 bits per heavy atom. The number of amides is 2. The van der Waals surface area contributed by atoms with Gasteiger partial charge in [-0.3, -0.25) is 13.9 Å². The van der Waals surface area contributed by atoms with Crippen molar-refractivity contribution in [1.29, 1.82) is 0 Å². The Bertz CT molecular complexity index is 1610. The van der Waals surface area contributed by atoms with Gasteiger partial charge in [-0.15, -0.1) is 0 Å². The fourth-order valence-corrected chi connectivity index (χ4v) is 5.64. The molecule has 224 valence electrons. The third kappa shape index (κ3) is 8.93. The van der Waals surface area contributed by atoms with Gasteiger partial charge in [0.1, 0.15) is 24.9 Å². The summed E-state index contributed by atoms with van der Waals surface area (Å²) < 4.78 is 32.9. The number of aryl methyl sites for hydroxylation is 1. The molecule has 4 aromatic rings. The lowest BCUT2D eigenvalue weighted by atomic mass is 10.0. The van der Waals surface area contributed by atoms with E-state index in [4.69, 9.17) is 4.74 Å². The fourth-order valence-electron chi connectivity index (χ4n) is 4.79. The molecule has 0 aliphatic heterocycles. The van der Waals surface area contributed by atoms with E-state index in [1.807, 2.05) is 91.9 Å². The number of rotatable bonds is 13. The van der Waals surface area contributed by atoms with Crippen molar-refractivity contribution in [3.63, 3.8) is 0 Å². The summed E-state index contributed by atoms with van der Waals surface area (Å²) >= 11 is 0. The van der Waals surface area contributed by atoms with E-state index in [2.05, 4.69) is 5.32 Å². The van der Waals surface area contributed by atoms with E-state index in [0.717, 1.165) is 32.8 Å². The molecule has 9 heteroatoms. The zero-order valence-electron chi connectivity index (χ0n) is 24.6. The monoisotopic (exact) mass is 599 g/mol. The van der Waals surface area contributed by atoms with Crippen molar-refractivity contribution in [2.75, 3.05) is 24.2 Å². The van der Waals surface area contributed by atoms with Crippen LogP contribution in [0.25, 0.3) is 0 Å². The number of carbonyl (C=O) groups is 2. The molecule has 43 heavy (non-hydrogen) atoms. The molecule has 0 unspecified atom stereocenters. The van der Waals surface area contributed by atoms with Crippen LogP contribution in [-0.4, -0.2) is 51.0 Å². The number of hydrogen-bond acceptors (Lipinski definition) is 5. The number of ether oxygens (including phenoxy) is 1. The third-order valence-electron chi connectivity index (χ3n) is 7.01. The predicted octanol–water partition coefficient (Wildman–Crippen LogP) is 4.73. The predicted molar refractivity (Wildman–Crippen MR) is 169 cm³/mol. The largest absolute Gasteiger partial charge is 0.489 e. The van der Waals surface area contributed by atoms with Crippen molar-refractivity contribution in [1.82, 2.24) is 10.2 Å². The molecule has 1 atom stereocenters. The van der Waals surface area contributed by atoms with E-state index in [0.29, 0.717) is 18.0 Å². The summed E-state index contributed by atoms with van der Waals surface area (Å²) in [7, 11) is -2.33. The average molecular weight is 600 g/mol. The number of sulfonamides is 1. The quantitative estimate of drug-likeness (QED) is 0.240. The summed E-state index contributed by atoms with van der Waals surface area (Å²) in [5, 5.41) is 2.68. The molecule has 0 heterocycles. The number of nitrogens with one attached hydrogen (secondary N) is 1. The number of carbonyl (C=O) groups excluding carboxylic acids is 2.